The number of fused-ring (bicyclic) bond motifs is 2. The molecule has 0 aliphatic heterocycles. The zero-order chi connectivity index (χ0) is 22.1. The van der Waals surface area contributed by atoms with Crippen molar-refractivity contribution in [3.63, 3.8) is 0 Å². The highest BCUT2D eigenvalue weighted by atomic mass is 35.5. The molecule has 0 atom stereocenters. The molecule has 0 radical (unpaired) electrons. The van der Waals surface area contributed by atoms with Crippen LogP contribution in [0.15, 0.2) is 24.3 Å². The van der Waals surface area contributed by atoms with Crippen LogP contribution in [-0.2, 0) is 0 Å². The van der Waals surface area contributed by atoms with Gasteiger partial charge >= 0.3 is 0 Å². The number of nitrogens with one attached hydrogen (secondary N) is 1. The van der Waals surface area contributed by atoms with Crippen molar-refractivity contribution >= 4 is 46.1 Å². The third-order valence-corrected chi connectivity index (χ3v) is 4.80. The minimum absolute atomic E-state index is 0. The fraction of sp³-hybridized carbons (Fsp3) is 0.238. The van der Waals surface area contributed by atoms with Crippen LogP contribution >= 0.6 is 12.4 Å². The molecule has 2 heterocycles. The third-order valence-electron chi connectivity index (χ3n) is 4.80. The molecule has 0 unspecified atom stereocenters. The van der Waals surface area contributed by atoms with Crippen molar-refractivity contribution < 1.29 is 24.1 Å². The lowest BCUT2D eigenvalue weighted by Crippen LogP contribution is -2.04. The smallest absolute Gasteiger partial charge is 0.233 e. The number of anilines is 2. The number of rotatable bonds is 6. The van der Waals surface area contributed by atoms with Crippen LogP contribution in [0.3, 0.4) is 0 Å². The van der Waals surface area contributed by atoms with Crippen LogP contribution in [-0.4, -0.2) is 53.5 Å². The van der Waals surface area contributed by atoms with Crippen molar-refractivity contribution in [2.24, 2.45) is 0 Å². The number of hydrogen-bond acceptors (Lipinski definition) is 10. The number of aromatic hydroxyl groups is 1. The van der Waals surface area contributed by atoms with Crippen molar-refractivity contribution in [1.82, 2.24) is 19.9 Å². The van der Waals surface area contributed by atoms with Gasteiger partial charge in [-0.15, -0.1) is 12.4 Å². The number of aryl methyl sites for hydroxylation is 1. The van der Waals surface area contributed by atoms with Crippen LogP contribution in [0.25, 0.3) is 21.8 Å². The van der Waals surface area contributed by atoms with Gasteiger partial charge < -0.3 is 24.1 Å². The van der Waals surface area contributed by atoms with E-state index in [1.165, 1.54) is 14.2 Å². The van der Waals surface area contributed by atoms with Gasteiger partial charge in [-0.1, -0.05) is 0 Å². The Balaban J connectivity index is 0.00000289. The largest absolute Gasteiger partial charge is 0.493 e. The Morgan fingerprint density at radius 3 is 2.03 bits per heavy atom. The first-order chi connectivity index (χ1) is 15.0. The average Bonchev–Trinajstić information content (AvgIpc) is 2.77. The number of benzene rings is 2. The molecule has 0 aliphatic carbocycles. The molecule has 168 valence electrons. The maximum absolute atomic E-state index is 10.5. The first kappa shape index (κ1) is 22.9. The molecular formula is C21H22ClN5O5. The number of ether oxygens (including phenoxy) is 4. The lowest BCUT2D eigenvalue weighted by Gasteiger charge is -2.13. The molecular weight excluding hydrogens is 438 g/mol. The van der Waals surface area contributed by atoms with Crippen LogP contribution in [0.5, 0.6) is 28.9 Å². The maximum atomic E-state index is 10.5. The highest BCUT2D eigenvalue weighted by molar-refractivity contribution is 5.93. The lowest BCUT2D eigenvalue weighted by atomic mass is 10.1. The summed E-state index contributed by atoms with van der Waals surface area (Å²) in [5.41, 5.74) is 1.85. The SMILES string of the molecule is COc1cc2nc(Nc3nc(O)c4c(OC)c(OC)ccc4n3)nc(C)c2cc1OC.Cl. The molecule has 0 aliphatic rings. The van der Waals surface area contributed by atoms with E-state index in [1.807, 2.05) is 13.0 Å². The minimum atomic E-state index is -0.257. The van der Waals surface area contributed by atoms with Gasteiger partial charge in [-0.05, 0) is 25.1 Å². The number of halogens is 1. The van der Waals surface area contributed by atoms with E-state index in [0.29, 0.717) is 39.4 Å². The molecule has 4 rings (SSSR count). The topological polar surface area (TPSA) is 121 Å². The summed E-state index contributed by atoms with van der Waals surface area (Å²) in [6.07, 6.45) is 0. The summed E-state index contributed by atoms with van der Waals surface area (Å²) in [4.78, 5) is 17.6. The molecule has 0 spiro atoms. The van der Waals surface area contributed by atoms with Crippen molar-refractivity contribution in [2.75, 3.05) is 33.8 Å². The predicted molar refractivity (Wildman–Crippen MR) is 122 cm³/mol. The van der Waals surface area contributed by atoms with Gasteiger partial charge in [-0.2, -0.15) is 4.98 Å². The fourth-order valence-electron chi connectivity index (χ4n) is 3.34. The molecule has 4 aromatic rings. The van der Waals surface area contributed by atoms with Crippen molar-refractivity contribution in [2.45, 2.75) is 6.92 Å². The quantitative estimate of drug-likeness (QED) is 0.440. The lowest BCUT2D eigenvalue weighted by molar-refractivity contribution is 0.355. The van der Waals surface area contributed by atoms with E-state index >= 15 is 0 Å². The molecule has 11 heteroatoms. The summed E-state index contributed by atoms with van der Waals surface area (Å²) < 4.78 is 21.3. The summed E-state index contributed by atoms with van der Waals surface area (Å²) >= 11 is 0. The van der Waals surface area contributed by atoms with Crippen molar-refractivity contribution in [3.8, 4) is 28.9 Å². The van der Waals surface area contributed by atoms with Crippen LogP contribution in [0.1, 0.15) is 5.69 Å². The molecule has 2 N–H and O–H groups in total. The Hall–Kier alpha value is -3.79. The second-order valence-corrected chi connectivity index (χ2v) is 6.55. The van der Waals surface area contributed by atoms with E-state index in [1.54, 1.807) is 32.4 Å². The van der Waals surface area contributed by atoms with Crippen molar-refractivity contribution in [3.05, 3.63) is 30.0 Å². The van der Waals surface area contributed by atoms with Gasteiger partial charge in [0.25, 0.3) is 0 Å². The average molecular weight is 460 g/mol. The van der Waals surface area contributed by atoms with E-state index in [4.69, 9.17) is 18.9 Å². The van der Waals surface area contributed by atoms with Gasteiger partial charge in [-0.3, -0.25) is 5.32 Å². The maximum Gasteiger partial charge on any atom is 0.233 e. The molecule has 2 aromatic carbocycles. The molecule has 0 bridgehead atoms. The molecule has 10 nitrogen and oxygen atoms in total. The predicted octanol–water partition coefficient (Wildman–Crippen LogP) is 3.79. The van der Waals surface area contributed by atoms with E-state index < -0.39 is 0 Å². The Kier molecular flexibility index (Phi) is 6.54. The van der Waals surface area contributed by atoms with Gasteiger partial charge in [0.2, 0.25) is 17.8 Å². The summed E-state index contributed by atoms with van der Waals surface area (Å²) in [6, 6.07) is 7.00. The molecule has 2 aromatic heterocycles. The number of aromatic nitrogens is 4. The Labute approximate surface area is 190 Å². The monoisotopic (exact) mass is 459 g/mol. The summed E-state index contributed by atoms with van der Waals surface area (Å²) in [5, 5.41) is 14.6. The molecule has 0 saturated carbocycles. The molecule has 32 heavy (non-hydrogen) atoms. The van der Waals surface area contributed by atoms with Gasteiger partial charge in [-0.25, -0.2) is 15.0 Å². The standard InChI is InChI=1S/C21H21N5O5.ClH/c1-10-11-8-15(29-3)16(30-4)9-13(11)24-20(22-10)26-21-23-12-6-7-14(28-2)18(31-5)17(12)19(27)25-21;/h6-9H,1-5H3,(H2,22,23,24,25,26,27);1H. The molecule has 0 saturated heterocycles. The van der Waals surface area contributed by atoms with E-state index in [-0.39, 0.29) is 30.2 Å². The van der Waals surface area contributed by atoms with Crippen LogP contribution < -0.4 is 24.3 Å². The van der Waals surface area contributed by atoms with Crippen LogP contribution in [0.2, 0.25) is 0 Å². The molecule has 0 fully saturated rings. The minimum Gasteiger partial charge on any atom is -0.493 e. The third kappa shape index (κ3) is 3.92. The van der Waals surface area contributed by atoms with E-state index in [0.717, 1.165) is 11.1 Å². The number of methoxy groups -OCH3 is 4. The van der Waals surface area contributed by atoms with Crippen LogP contribution in [0, 0.1) is 6.92 Å². The fourth-order valence-corrected chi connectivity index (χ4v) is 3.34. The highest BCUT2D eigenvalue weighted by Gasteiger charge is 2.17. The second-order valence-electron chi connectivity index (χ2n) is 6.55. The first-order valence-corrected chi connectivity index (χ1v) is 9.28. The van der Waals surface area contributed by atoms with Gasteiger partial charge in [0.05, 0.1) is 45.2 Å². The van der Waals surface area contributed by atoms with Crippen molar-refractivity contribution in [1.29, 1.82) is 0 Å². The normalized spacial score (nSPS) is 10.5. The van der Waals surface area contributed by atoms with Gasteiger partial charge in [0.15, 0.2) is 23.0 Å². The van der Waals surface area contributed by atoms with E-state index in [9.17, 15) is 5.11 Å². The second kappa shape index (κ2) is 9.15. The molecule has 0 amide bonds. The van der Waals surface area contributed by atoms with Gasteiger partial charge in [0.1, 0.15) is 5.39 Å². The summed E-state index contributed by atoms with van der Waals surface area (Å²) in [7, 11) is 6.13. The summed E-state index contributed by atoms with van der Waals surface area (Å²) in [6.45, 7) is 1.86. The zero-order valence-corrected chi connectivity index (χ0v) is 18.9. The Morgan fingerprint density at radius 1 is 0.750 bits per heavy atom. The first-order valence-electron chi connectivity index (χ1n) is 9.28. The summed E-state index contributed by atoms with van der Waals surface area (Å²) in [5.74, 6) is 2.12. The van der Waals surface area contributed by atoms with Gasteiger partial charge in [0, 0.05) is 11.5 Å². The highest BCUT2D eigenvalue weighted by Crippen LogP contribution is 2.39. The van der Waals surface area contributed by atoms with E-state index in [2.05, 4.69) is 25.3 Å². The number of hydrogen-bond donors (Lipinski definition) is 2. The Bertz CT molecular complexity index is 1290. The Morgan fingerprint density at radius 2 is 1.38 bits per heavy atom. The number of nitrogens with zero attached hydrogens (tertiary/aromatic N) is 4. The van der Waals surface area contributed by atoms with Crippen LogP contribution in [0.4, 0.5) is 11.9 Å². The zero-order valence-electron chi connectivity index (χ0n) is 18.1.